The van der Waals surface area contributed by atoms with Crippen LogP contribution in [0.1, 0.15) is 35.7 Å². The Kier molecular flexibility index (Phi) is 5.69. The predicted octanol–water partition coefficient (Wildman–Crippen LogP) is 3.10. The number of rotatable bonds is 6. The average molecular weight is 402 g/mol. The second-order valence-corrected chi connectivity index (χ2v) is 8.18. The van der Waals surface area contributed by atoms with Gasteiger partial charge >= 0.3 is 5.97 Å². The molecule has 28 heavy (non-hydrogen) atoms. The molecule has 0 atom stereocenters. The maximum absolute atomic E-state index is 12.7. The molecule has 1 aliphatic rings. The van der Waals surface area contributed by atoms with Crippen LogP contribution in [-0.4, -0.2) is 33.4 Å². The molecule has 8 heteroatoms. The van der Waals surface area contributed by atoms with Crippen LogP contribution >= 0.6 is 0 Å². The van der Waals surface area contributed by atoms with Crippen LogP contribution < -0.4 is 9.62 Å². The van der Waals surface area contributed by atoms with E-state index in [1.807, 2.05) is 0 Å². The van der Waals surface area contributed by atoms with E-state index in [2.05, 4.69) is 4.72 Å². The summed E-state index contributed by atoms with van der Waals surface area (Å²) in [6, 6.07) is 10.9. The number of hydrogen-bond acceptors (Lipinski definition) is 5. The number of carbonyl (C=O) groups excluding carboxylic acids is 2. The van der Waals surface area contributed by atoms with E-state index in [4.69, 9.17) is 4.74 Å². The summed E-state index contributed by atoms with van der Waals surface area (Å²) < 4.78 is 33.0. The Balaban J connectivity index is 1.83. The fourth-order valence-electron chi connectivity index (χ4n) is 3.00. The van der Waals surface area contributed by atoms with Crippen molar-refractivity contribution in [1.82, 2.24) is 0 Å². The van der Waals surface area contributed by atoms with E-state index in [1.54, 1.807) is 43.0 Å². The van der Waals surface area contributed by atoms with Gasteiger partial charge in [-0.3, -0.25) is 9.52 Å². The second kappa shape index (κ2) is 8.02. The molecule has 1 saturated heterocycles. The largest absolute Gasteiger partial charge is 0.462 e. The normalized spacial score (nSPS) is 14.2. The number of hydrogen-bond donors (Lipinski definition) is 1. The van der Waals surface area contributed by atoms with E-state index in [1.165, 1.54) is 18.2 Å². The van der Waals surface area contributed by atoms with E-state index in [0.717, 1.165) is 6.42 Å². The number of sulfonamides is 1. The quantitative estimate of drug-likeness (QED) is 0.750. The molecule has 1 fully saturated rings. The van der Waals surface area contributed by atoms with Crippen molar-refractivity contribution in [3.8, 4) is 0 Å². The fourth-order valence-corrected chi connectivity index (χ4v) is 4.13. The lowest BCUT2D eigenvalue weighted by Crippen LogP contribution is -2.23. The molecule has 1 N–H and O–H groups in total. The first-order valence-electron chi connectivity index (χ1n) is 9.03. The van der Waals surface area contributed by atoms with Crippen molar-refractivity contribution in [2.75, 3.05) is 22.8 Å². The Hall–Kier alpha value is -2.87. The first-order valence-corrected chi connectivity index (χ1v) is 10.5. The highest BCUT2D eigenvalue weighted by Crippen LogP contribution is 2.25. The topological polar surface area (TPSA) is 92.8 Å². The molecule has 1 amide bonds. The fraction of sp³-hybridized carbons (Fsp3) is 0.300. The summed E-state index contributed by atoms with van der Waals surface area (Å²) in [7, 11) is -3.85. The molecule has 7 nitrogen and oxygen atoms in total. The standard InChI is InChI=1S/C20H22N2O5S/c1-3-27-20(24)15-7-6-14(2)18(13-15)21-28(25,26)17-10-8-16(9-11-17)22-12-4-5-19(22)23/h6-11,13,21H,3-5,12H2,1-2H3. The Morgan fingerprint density at radius 3 is 2.50 bits per heavy atom. The summed E-state index contributed by atoms with van der Waals surface area (Å²) in [5, 5.41) is 0. The lowest BCUT2D eigenvalue weighted by atomic mass is 10.1. The van der Waals surface area contributed by atoms with Gasteiger partial charge in [-0.15, -0.1) is 0 Å². The van der Waals surface area contributed by atoms with Gasteiger partial charge in [-0.25, -0.2) is 13.2 Å². The highest BCUT2D eigenvalue weighted by atomic mass is 32.2. The number of aryl methyl sites for hydroxylation is 1. The van der Waals surface area contributed by atoms with Gasteiger partial charge in [0.25, 0.3) is 10.0 Å². The maximum atomic E-state index is 12.7. The Labute approximate surface area is 164 Å². The molecule has 0 aliphatic carbocycles. The zero-order chi connectivity index (χ0) is 20.3. The number of ether oxygens (including phenoxy) is 1. The van der Waals surface area contributed by atoms with Gasteiger partial charge in [0.05, 0.1) is 22.8 Å². The number of carbonyl (C=O) groups is 2. The molecule has 3 rings (SSSR count). The maximum Gasteiger partial charge on any atom is 0.338 e. The zero-order valence-electron chi connectivity index (χ0n) is 15.8. The molecule has 0 spiro atoms. The molecule has 0 radical (unpaired) electrons. The van der Waals surface area contributed by atoms with Crippen molar-refractivity contribution in [3.05, 3.63) is 53.6 Å². The minimum Gasteiger partial charge on any atom is -0.462 e. The monoisotopic (exact) mass is 402 g/mol. The van der Waals surface area contributed by atoms with Crippen LogP contribution in [0.3, 0.4) is 0 Å². The third-order valence-electron chi connectivity index (χ3n) is 4.53. The van der Waals surface area contributed by atoms with Crippen molar-refractivity contribution in [2.24, 2.45) is 0 Å². The third-order valence-corrected chi connectivity index (χ3v) is 5.91. The number of amides is 1. The van der Waals surface area contributed by atoms with Crippen molar-refractivity contribution < 1.29 is 22.7 Å². The van der Waals surface area contributed by atoms with E-state index >= 15 is 0 Å². The summed E-state index contributed by atoms with van der Waals surface area (Å²) in [6.07, 6.45) is 1.31. The third kappa shape index (κ3) is 4.17. The molecule has 148 valence electrons. The number of esters is 1. The molecule has 0 aromatic heterocycles. The van der Waals surface area contributed by atoms with E-state index in [0.29, 0.717) is 29.9 Å². The van der Waals surface area contributed by atoms with Gasteiger partial charge < -0.3 is 9.64 Å². The van der Waals surface area contributed by atoms with Crippen LogP contribution in [0.15, 0.2) is 47.4 Å². The minimum atomic E-state index is -3.85. The summed E-state index contributed by atoms with van der Waals surface area (Å²) in [4.78, 5) is 25.5. The van der Waals surface area contributed by atoms with E-state index in [-0.39, 0.29) is 23.0 Å². The molecular formula is C20H22N2O5S. The predicted molar refractivity (Wildman–Crippen MR) is 106 cm³/mol. The van der Waals surface area contributed by atoms with Crippen molar-refractivity contribution >= 4 is 33.3 Å². The summed E-state index contributed by atoms with van der Waals surface area (Å²) in [6.45, 7) is 4.33. The molecular weight excluding hydrogens is 380 g/mol. The SMILES string of the molecule is CCOC(=O)c1ccc(C)c(NS(=O)(=O)c2ccc(N3CCCC3=O)cc2)c1. The van der Waals surface area contributed by atoms with E-state index < -0.39 is 16.0 Å². The molecule has 0 saturated carbocycles. The van der Waals surface area contributed by atoms with Crippen molar-refractivity contribution in [3.63, 3.8) is 0 Å². The van der Waals surface area contributed by atoms with Crippen LogP contribution in [0.5, 0.6) is 0 Å². The van der Waals surface area contributed by atoms with Gasteiger partial charge in [0, 0.05) is 18.7 Å². The van der Waals surface area contributed by atoms with Gasteiger partial charge in [0.2, 0.25) is 5.91 Å². The highest BCUT2D eigenvalue weighted by Gasteiger charge is 2.23. The lowest BCUT2D eigenvalue weighted by molar-refractivity contribution is -0.117. The van der Waals surface area contributed by atoms with Gasteiger partial charge in [-0.05, 0) is 62.2 Å². The average Bonchev–Trinajstić information content (AvgIpc) is 3.09. The van der Waals surface area contributed by atoms with Crippen LogP contribution in [0.25, 0.3) is 0 Å². The number of nitrogens with zero attached hydrogens (tertiary/aromatic N) is 1. The van der Waals surface area contributed by atoms with E-state index in [9.17, 15) is 18.0 Å². The van der Waals surface area contributed by atoms with Crippen molar-refractivity contribution in [2.45, 2.75) is 31.6 Å². The lowest BCUT2D eigenvalue weighted by Gasteiger charge is -2.16. The van der Waals surface area contributed by atoms with Crippen LogP contribution in [0, 0.1) is 6.92 Å². The smallest absolute Gasteiger partial charge is 0.338 e. The minimum absolute atomic E-state index is 0.0418. The first-order chi connectivity index (χ1) is 13.3. The first kappa shape index (κ1) is 19.9. The van der Waals surface area contributed by atoms with Gasteiger partial charge in [0.15, 0.2) is 0 Å². The van der Waals surface area contributed by atoms with Gasteiger partial charge in [-0.1, -0.05) is 6.07 Å². The molecule has 1 heterocycles. The number of benzene rings is 2. The molecule has 0 bridgehead atoms. The molecule has 0 unspecified atom stereocenters. The highest BCUT2D eigenvalue weighted by molar-refractivity contribution is 7.92. The number of nitrogens with one attached hydrogen (secondary N) is 1. The Bertz CT molecular complexity index is 1000. The number of anilines is 2. The van der Waals surface area contributed by atoms with Crippen LogP contribution in [-0.2, 0) is 19.6 Å². The van der Waals surface area contributed by atoms with Gasteiger partial charge in [-0.2, -0.15) is 0 Å². The molecule has 1 aliphatic heterocycles. The summed E-state index contributed by atoms with van der Waals surface area (Å²) in [5.41, 5.74) is 1.94. The molecule has 2 aromatic rings. The molecule has 2 aromatic carbocycles. The summed E-state index contributed by atoms with van der Waals surface area (Å²) in [5.74, 6) is -0.470. The van der Waals surface area contributed by atoms with Crippen LogP contribution in [0.4, 0.5) is 11.4 Å². The Morgan fingerprint density at radius 2 is 1.89 bits per heavy atom. The zero-order valence-corrected chi connectivity index (χ0v) is 16.6. The van der Waals surface area contributed by atoms with Gasteiger partial charge in [0.1, 0.15) is 0 Å². The second-order valence-electron chi connectivity index (χ2n) is 6.50. The Morgan fingerprint density at radius 1 is 1.18 bits per heavy atom. The van der Waals surface area contributed by atoms with Crippen LogP contribution in [0.2, 0.25) is 0 Å². The summed E-state index contributed by atoms with van der Waals surface area (Å²) >= 11 is 0. The van der Waals surface area contributed by atoms with Crippen molar-refractivity contribution in [1.29, 1.82) is 0 Å².